The zero-order chi connectivity index (χ0) is 16.9. The van der Waals surface area contributed by atoms with Crippen LogP contribution in [-0.4, -0.2) is 20.1 Å². The third-order valence-electron chi connectivity index (χ3n) is 4.90. The lowest BCUT2D eigenvalue weighted by molar-refractivity contribution is -0.124. The number of amides is 1. The summed E-state index contributed by atoms with van der Waals surface area (Å²) in [6.45, 7) is 0. The molecule has 1 aliphatic carbocycles. The molecule has 24 heavy (non-hydrogen) atoms. The van der Waals surface area contributed by atoms with Crippen LogP contribution in [0.3, 0.4) is 0 Å². The second-order valence-corrected chi connectivity index (χ2v) is 8.44. The Morgan fingerprint density at radius 2 is 1.75 bits per heavy atom. The van der Waals surface area contributed by atoms with Gasteiger partial charge in [0, 0.05) is 0 Å². The SMILES string of the molecule is O=C(N[C@H]1CS(=O)(=O)c2ccccc21)C1(c2ccc(F)cc2)CC1. The van der Waals surface area contributed by atoms with Gasteiger partial charge in [0.15, 0.2) is 9.84 Å². The smallest absolute Gasteiger partial charge is 0.231 e. The molecule has 1 fully saturated rings. The number of hydrogen-bond donors (Lipinski definition) is 1. The zero-order valence-electron chi connectivity index (χ0n) is 12.8. The highest BCUT2D eigenvalue weighted by atomic mass is 32.2. The van der Waals surface area contributed by atoms with Gasteiger partial charge in [0.05, 0.1) is 22.1 Å². The highest BCUT2D eigenvalue weighted by Crippen LogP contribution is 2.49. The minimum Gasteiger partial charge on any atom is -0.347 e. The maximum atomic E-state index is 13.1. The van der Waals surface area contributed by atoms with Crippen molar-refractivity contribution in [3.63, 3.8) is 0 Å². The van der Waals surface area contributed by atoms with Crippen molar-refractivity contribution in [3.8, 4) is 0 Å². The van der Waals surface area contributed by atoms with E-state index in [-0.39, 0.29) is 17.5 Å². The van der Waals surface area contributed by atoms with Crippen molar-refractivity contribution in [1.82, 2.24) is 5.32 Å². The Morgan fingerprint density at radius 1 is 1.08 bits per heavy atom. The molecule has 0 bridgehead atoms. The Morgan fingerprint density at radius 3 is 2.42 bits per heavy atom. The second kappa shape index (κ2) is 5.14. The molecule has 2 aromatic carbocycles. The third-order valence-corrected chi connectivity index (χ3v) is 6.72. The van der Waals surface area contributed by atoms with Gasteiger partial charge in [-0.2, -0.15) is 0 Å². The lowest BCUT2D eigenvalue weighted by Crippen LogP contribution is -2.38. The first-order valence-corrected chi connectivity index (χ1v) is 9.46. The highest BCUT2D eigenvalue weighted by Gasteiger charge is 2.52. The Hall–Kier alpha value is -2.21. The van der Waals surface area contributed by atoms with Crippen molar-refractivity contribution in [2.24, 2.45) is 0 Å². The normalized spacial score (nSPS) is 22.6. The Bertz CT molecular complexity index is 918. The van der Waals surface area contributed by atoms with Crippen LogP contribution >= 0.6 is 0 Å². The Balaban J connectivity index is 1.61. The van der Waals surface area contributed by atoms with Crippen molar-refractivity contribution >= 4 is 15.7 Å². The zero-order valence-corrected chi connectivity index (χ0v) is 13.6. The van der Waals surface area contributed by atoms with Crippen LogP contribution in [0.2, 0.25) is 0 Å². The molecule has 0 radical (unpaired) electrons. The minimum atomic E-state index is -3.36. The van der Waals surface area contributed by atoms with E-state index in [1.165, 1.54) is 12.1 Å². The number of fused-ring (bicyclic) bond motifs is 1. The number of rotatable bonds is 3. The standard InChI is InChI=1S/C18H16FNO3S/c19-13-7-5-12(6-8-13)18(9-10-18)17(21)20-15-11-24(22,23)16-4-2-1-3-14(15)16/h1-8,15H,9-11H2,(H,20,21)/t15-/m0/s1. The van der Waals surface area contributed by atoms with E-state index in [2.05, 4.69) is 5.32 Å². The van der Waals surface area contributed by atoms with Crippen LogP contribution in [0, 0.1) is 5.82 Å². The van der Waals surface area contributed by atoms with Gasteiger partial charge in [0.1, 0.15) is 5.82 Å². The van der Waals surface area contributed by atoms with Crippen LogP contribution in [0.5, 0.6) is 0 Å². The van der Waals surface area contributed by atoms with Gasteiger partial charge in [-0.05, 0) is 42.2 Å². The summed E-state index contributed by atoms with van der Waals surface area (Å²) in [5.41, 5.74) is 0.755. The summed E-state index contributed by atoms with van der Waals surface area (Å²) in [7, 11) is -3.36. The fourth-order valence-corrected chi connectivity index (χ4v) is 5.14. The molecule has 124 valence electrons. The average molecular weight is 345 g/mol. The van der Waals surface area contributed by atoms with E-state index in [4.69, 9.17) is 0 Å². The summed E-state index contributed by atoms with van der Waals surface area (Å²) in [5.74, 6) is -0.644. The van der Waals surface area contributed by atoms with E-state index >= 15 is 0 Å². The third kappa shape index (κ3) is 2.33. The molecule has 0 saturated heterocycles. The topological polar surface area (TPSA) is 63.2 Å². The summed E-state index contributed by atoms with van der Waals surface area (Å²) in [6, 6.07) is 12.2. The van der Waals surface area contributed by atoms with Crippen molar-refractivity contribution in [1.29, 1.82) is 0 Å². The molecule has 0 aromatic heterocycles. The Labute approximate surface area is 139 Å². The van der Waals surface area contributed by atoms with Crippen molar-refractivity contribution in [2.45, 2.75) is 29.2 Å². The number of nitrogens with one attached hydrogen (secondary N) is 1. The number of carbonyl (C=O) groups is 1. The molecule has 0 unspecified atom stereocenters. The fraction of sp³-hybridized carbons (Fsp3) is 0.278. The summed E-state index contributed by atoms with van der Waals surface area (Å²) >= 11 is 0. The Kier molecular flexibility index (Phi) is 3.28. The first kappa shape index (κ1) is 15.3. The second-order valence-electron chi connectivity index (χ2n) is 6.43. The summed E-state index contributed by atoms with van der Waals surface area (Å²) in [6.07, 6.45) is 1.37. The first-order chi connectivity index (χ1) is 11.4. The lowest BCUT2D eigenvalue weighted by atomic mass is 9.94. The molecule has 2 aromatic rings. The van der Waals surface area contributed by atoms with Crippen LogP contribution in [0.1, 0.15) is 30.0 Å². The molecule has 0 spiro atoms. The van der Waals surface area contributed by atoms with E-state index in [1.54, 1.807) is 36.4 Å². The molecule has 1 saturated carbocycles. The number of benzene rings is 2. The molecule has 1 aliphatic heterocycles. The molecule has 6 heteroatoms. The van der Waals surface area contributed by atoms with E-state index in [1.807, 2.05) is 0 Å². The van der Waals surface area contributed by atoms with E-state index in [0.717, 1.165) is 5.56 Å². The summed E-state index contributed by atoms with van der Waals surface area (Å²) in [5, 5.41) is 2.89. The van der Waals surface area contributed by atoms with Gasteiger partial charge in [-0.25, -0.2) is 12.8 Å². The minimum absolute atomic E-state index is 0.114. The van der Waals surface area contributed by atoms with Crippen LogP contribution in [0.15, 0.2) is 53.4 Å². The van der Waals surface area contributed by atoms with Crippen molar-refractivity contribution in [2.75, 3.05) is 5.75 Å². The van der Waals surface area contributed by atoms with Crippen LogP contribution in [-0.2, 0) is 20.0 Å². The molecular weight excluding hydrogens is 329 g/mol. The average Bonchev–Trinajstić information content (AvgIpc) is 3.32. The van der Waals surface area contributed by atoms with E-state index in [9.17, 15) is 17.6 Å². The van der Waals surface area contributed by atoms with E-state index in [0.29, 0.717) is 23.3 Å². The van der Waals surface area contributed by atoms with Crippen LogP contribution in [0.4, 0.5) is 4.39 Å². The number of halogens is 1. The van der Waals surface area contributed by atoms with Gasteiger partial charge < -0.3 is 5.32 Å². The number of sulfone groups is 1. The number of hydrogen-bond acceptors (Lipinski definition) is 3. The molecule has 4 nitrogen and oxygen atoms in total. The monoisotopic (exact) mass is 345 g/mol. The molecule has 1 N–H and O–H groups in total. The largest absolute Gasteiger partial charge is 0.347 e. The van der Waals surface area contributed by atoms with Crippen LogP contribution < -0.4 is 5.32 Å². The summed E-state index contributed by atoms with van der Waals surface area (Å²) in [4.78, 5) is 13.1. The summed E-state index contributed by atoms with van der Waals surface area (Å²) < 4.78 is 37.6. The maximum Gasteiger partial charge on any atom is 0.231 e. The van der Waals surface area contributed by atoms with Gasteiger partial charge in [-0.1, -0.05) is 30.3 Å². The quantitative estimate of drug-likeness (QED) is 0.930. The predicted molar refractivity (Wildman–Crippen MR) is 86.7 cm³/mol. The highest BCUT2D eigenvalue weighted by molar-refractivity contribution is 7.91. The molecular formula is C18H16FNO3S. The maximum absolute atomic E-state index is 13.1. The number of carbonyl (C=O) groups excluding carboxylic acids is 1. The van der Waals surface area contributed by atoms with Crippen molar-refractivity contribution in [3.05, 3.63) is 65.5 Å². The predicted octanol–water partition coefficient (Wildman–Crippen LogP) is 2.50. The fourth-order valence-electron chi connectivity index (χ4n) is 3.41. The molecule has 2 aliphatic rings. The molecule has 1 heterocycles. The van der Waals surface area contributed by atoms with Gasteiger partial charge in [-0.15, -0.1) is 0 Å². The van der Waals surface area contributed by atoms with Gasteiger partial charge in [-0.3, -0.25) is 4.79 Å². The lowest BCUT2D eigenvalue weighted by Gasteiger charge is -2.19. The van der Waals surface area contributed by atoms with E-state index < -0.39 is 21.3 Å². The van der Waals surface area contributed by atoms with Gasteiger partial charge in [0.2, 0.25) is 5.91 Å². The first-order valence-electron chi connectivity index (χ1n) is 7.81. The van der Waals surface area contributed by atoms with Gasteiger partial charge >= 0.3 is 0 Å². The van der Waals surface area contributed by atoms with Crippen LogP contribution in [0.25, 0.3) is 0 Å². The molecule has 4 rings (SSSR count). The van der Waals surface area contributed by atoms with Crippen molar-refractivity contribution < 1.29 is 17.6 Å². The molecule has 1 atom stereocenters. The molecule has 1 amide bonds. The van der Waals surface area contributed by atoms with Gasteiger partial charge in [0.25, 0.3) is 0 Å².